The van der Waals surface area contributed by atoms with Crippen molar-refractivity contribution in [3.8, 4) is 0 Å². The van der Waals surface area contributed by atoms with E-state index in [1.807, 2.05) is 6.07 Å². The van der Waals surface area contributed by atoms with Crippen LogP contribution in [0.5, 0.6) is 0 Å². The summed E-state index contributed by atoms with van der Waals surface area (Å²) in [5.41, 5.74) is 2.02. The summed E-state index contributed by atoms with van der Waals surface area (Å²) in [5.74, 6) is -3.28. The van der Waals surface area contributed by atoms with E-state index in [2.05, 4.69) is 0 Å². The lowest BCUT2D eigenvalue weighted by Crippen LogP contribution is -2.41. The number of halogens is 3. The number of fused-ring (bicyclic) bond motifs is 3. The third-order valence-electron chi connectivity index (χ3n) is 5.22. The van der Waals surface area contributed by atoms with Gasteiger partial charge in [-0.3, -0.25) is 14.5 Å². The highest BCUT2D eigenvalue weighted by atomic mass is 19.4. The zero-order valence-electron chi connectivity index (χ0n) is 15.2. The normalized spacial score (nSPS) is 27.0. The number of ether oxygens (including phenoxy) is 2. The second-order valence-electron chi connectivity index (χ2n) is 7.14. The van der Waals surface area contributed by atoms with Gasteiger partial charge in [0.05, 0.1) is 17.9 Å². The van der Waals surface area contributed by atoms with Gasteiger partial charge in [0.15, 0.2) is 0 Å². The monoisotopic (exact) mass is 407 g/mol. The van der Waals surface area contributed by atoms with Crippen molar-refractivity contribution < 1.29 is 37.0 Å². The molecule has 1 aromatic carbocycles. The van der Waals surface area contributed by atoms with Crippen LogP contribution in [0, 0.1) is 0 Å². The van der Waals surface area contributed by atoms with Crippen LogP contribution in [0.4, 0.5) is 13.2 Å². The molecule has 0 spiro atoms. The topological polar surface area (TPSA) is 72.9 Å². The Labute approximate surface area is 163 Å². The van der Waals surface area contributed by atoms with Gasteiger partial charge in [-0.1, -0.05) is 24.3 Å². The lowest BCUT2D eigenvalue weighted by Gasteiger charge is -2.22. The van der Waals surface area contributed by atoms with E-state index in [4.69, 9.17) is 9.47 Å². The zero-order valence-corrected chi connectivity index (χ0v) is 15.2. The van der Waals surface area contributed by atoms with E-state index in [0.29, 0.717) is 10.5 Å². The molecule has 3 unspecified atom stereocenters. The van der Waals surface area contributed by atoms with E-state index in [0.717, 1.165) is 17.4 Å². The van der Waals surface area contributed by atoms with Crippen LogP contribution < -0.4 is 0 Å². The van der Waals surface area contributed by atoms with Crippen molar-refractivity contribution in [2.75, 3.05) is 0 Å². The Bertz CT molecular complexity index is 965. The van der Waals surface area contributed by atoms with Crippen LogP contribution in [0.3, 0.4) is 0 Å². The standard InChI is InChI=1S/C20H16F3NO5/c1-10-6-16(29-19(10)27)28-9-13-17-12-5-3-2-4-11(12)7-14(17)24(18(13)26)15(25)8-20(21,22)23/h2-6,9,14,16-17H,7-8H2,1H3/b13-9+. The van der Waals surface area contributed by atoms with Crippen LogP contribution >= 0.6 is 0 Å². The minimum Gasteiger partial charge on any atom is -0.458 e. The molecule has 0 radical (unpaired) electrons. The summed E-state index contributed by atoms with van der Waals surface area (Å²) >= 11 is 0. The van der Waals surface area contributed by atoms with Crippen LogP contribution in [0.25, 0.3) is 0 Å². The molecule has 9 heteroatoms. The number of carbonyl (C=O) groups is 3. The summed E-state index contributed by atoms with van der Waals surface area (Å²) in [7, 11) is 0. The lowest BCUT2D eigenvalue weighted by atomic mass is 9.94. The summed E-state index contributed by atoms with van der Waals surface area (Å²) in [6.07, 6.45) is -4.68. The Morgan fingerprint density at radius 3 is 2.69 bits per heavy atom. The van der Waals surface area contributed by atoms with E-state index < -0.39 is 48.6 Å². The first-order valence-electron chi connectivity index (χ1n) is 8.91. The van der Waals surface area contributed by atoms with Crippen molar-refractivity contribution in [2.45, 2.75) is 44.2 Å². The molecule has 1 aliphatic carbocycles. The second kappa shape index (κ2) is 6.75. The molecule has 4 rings (SSSR count). The average Bonchev–Trinajstić information content (AvgIpc) is 3.22. The molecular weight excluding hydrogens is 391 g/mol. The Hall–Kier alpha value is -3.10. The van der Waals surface area contributed by atoms with E-state index in [1.54, 1.807) is 25.1 Å². The van der Waals surface area contributed by atoms with Crippen molar-refractivity contribution in [1.82, 2.24) is 4.90 Å². The third kappa shape index (κ3) is 3.41. The number of nitrogens with zero attached hydrogens (tertiary/aromatic N) is 1. The number of imide groups is 1. The van der Waals surface area contributed by atoms with Crippen molar-refractivity contribution in [3.05, 3.63) is 58.9 Å². The van der Waals surface area contributed by atoms with Crippen molar-refractivity contribution in [1.29, 1.82) is 0 Å². The van der Waals surface area contributed by atoms with Gasteiger partial charge in [0.25, 0.3) is 12.2 Å². The number of hydrogen-bond acceptors (Lipinski definition) is 5. The molecule has 0 aromatic heterocycles. The first-order chi connectivity index (χ1) is 13.7. The van der Waals surface area contributed by atoms with Gasteiger partial charge in [-0.05, 0) is 24.5 Å². The lowest BCUT2D eigenvalue weighted by molar-refractivity contribution is -0.164. The van der Waals surface area contributed by atoms with E-state index >= 15 is 0 Å². The van der Waals surface area contributed by atoms with Gasteiger partial charge in [-0.25, -0.2) is 4.79 Å². The van der Waals surface area contributed by atoms with Crippen molar-refractivity contribution >= 4 is 17.8 Å². The van der Waals surface area contributed by atoms with Crippen molar-refractivity contribution in [2.24, 2.45) is 0 Å². The average molecular weight is 407 g/mol. The Morgan fingerprint density at radius 2 is 2.03 bits per heavy atom. The summed E-state index contributed by atoms with van der Waals surface area (Å²) < 4.78 is 48.6. The largest absolute Gasteiger partial charge is 0.458 e. The molecule has 6 nitrogen and oxygen atoms in total. The quantitative estimate of drug-likeness (QED) is 0.438. The molecule has 0 saturated carbocycles. The molecule has 0 bridgehead atoms. The summed E-state index contributed by atoms with van der Waals surface area (Å²) in [6, 6.07) is 6.39. The first-order valence-corrected chi connectivity index (χ1v) is 8.91. The Balaban J connectivity index is 1.67. The maximum Gasteiger partial charge on any atom is 0.397 e. The number of hydrogen-bond donors (Lipinski definition) is 0. The van der Waals surface area contributed by atoms with Crippen LogP contribution in [0.15, 0.2) is 47.7 Å². The van der Waals surface area contributed by atoms with Crippen LogP contribution in [-0.2, 0) is 30.3 Å². The number of benzene rings is 1. The van der Waals surface area contributed by atoms with Crippen LogP contribution in [0.2, 0.25) is 0 Å². The van der Waals surface area contributed by atoms with Gasteiger partial charge >= 0.3 is 12.1 Å². The Kier molecular flexibility index (Phi) is 4.48. The van der Waals surface area contributed by atoms with Gasteiger partial charge in [0.2, 0.25) is 5.91 Å². The summed E-state index contributed by atoms with van der Waals surface area (Å²) in [4.78, 5) is 37.3. The number of esters is 1. The minimum atomic E-state index is -4.72. The molecule has 0 N–H and O–H groups in total. The summed E-state index contributed by atoms with van der Waals surface area (Å²) in [5, 5.41) is 0. The zero-order chi connectivity index (χ0) is 20.9. The van der Waals surface area contributed by atoms with Crippen LogP contribution in [0.1, 0.15) is 30.4 Å². The van der Waals surface area contributed by atoms with Gasteiger partial charge < -0.3 is 9.47 Å². The molecule has 1 saturated heterocycles. The third-order valence-corrected chi connectivity index (χ3v) is 5.22. The number of cyclic esters (lactones) is 1. The van der Waals surface area contributed by atoms with Gasteiger partial charge in [0, 0.05) is 17.6 Å². The molecular formula is C20H16F3NO5. The van der Waals surface area contributed by atoms with Crippen molar-refractivity contribution in [3.63, 3.8) is 0 Å². The first kappa shape index (κ1) is 19.2. The smallest absolute Gasteiger partial charge is 0.397 e. The minimum absolute atomic E-state index is 0.0597. The molecule has 2 heterocycles. The molecule has 2 aliphatic heterocycles. The highest BCUT2D eigenvalue weighted by molar-refractivity contribution is 6.08. The van der Waals surface area contributed by atoms with Gasteiger partial charge in [0.1, 0.15) is 6.42 Å². The molecule has 2 amide bonds. The Morgan fingerprint density at radius 1 is 1.31 bits per heavy atom. The fourth-order valence-corrected chi connectivity index (χ4v) is 4.00. The molecule has 3 atom stereocenters. The number of rotatable bonds is 3. The van der Waals surface area contributed by atoms with Crippen LogP contribution in [-0.4, -0.2) is 41.2 Å². The molecule has 152 valence electrons. The van der Waals surface area contributed by atoms with E-state index in [9.17, 15) is 27.6 Å². The SMILES string of the molecule is CC1=CC(O/C=C2/C(=O)N(C(=O)CC(F)(F)F)C3Cc4ccccc4C23)OC1=O. The molecule has 3 aliphatic rings. The van der Waals surface area contributed by atoms with Gasteiger partial charge in [-0.2, -0.15) is 13.2 Å². The van der Waals surface area contributed by atoms with E-state index in [-0.39, 0.29) is 12.0 Å². The van der Waals surface area contributed by atoms with E-state index in [1.165, 1.54) is 6.08 Å². The maximum atomic E-state index is 12.9. The molecule has 29 heavy (non-hydrogen) atoms. The predicted octanol–water partition coefficient (Wildman–Crippen LogP) is 2.75. The fourth-order valence-electron chi connectivity index (χ4n) is 4.00. The maximum absolute atomic E-state index is 12.9. The highest BCUT2D eigenvalue weighted by Gasteiger charge is 2.53. The predicted molar refractivity (Wildman–Crippen MR) is 92.0 cm³/mol. The fraction of sp³-hybridized carbons (Fsp3) is 0.350. The summed E-state index contributed by atoms with van der Waals surface area (Å²) in [6.45, 7) is 1.54. The highest BCUT2D eigenvalue weighted by Crippen LogP contribution is 2.47. The number of amides is 2. The molecule has 1 aromatic rings. The second-order valence-corrected chi connectivity index (χ2v) is 7.14. The number of carbonyl (C=O) groups excluding carboxylic acids is 3. The number of alkyl halides is 3. The number of likely N-dealkylation sites (tertiary alicyclic amines) is 1. The molecule has 1 fully saturated rings. The van der Waals surface area contributed by atoms with Gasteiger partial charge in [-0.15, -0.1) is 0 Å².